The summed E-state index contributed by atoms with van der Waals surface area (Å²) in [6.45, 7) is 9.12. The van der Waals surface area contributed by atoms with Crippen molar-refractivity contribution in [1.29, 1.82) is 0 Å². The van der Waals surface area contributed by atoms with E-state index < -0.39 is 0 Å². The molecule has 2 rings (SSSR count). The molecule has 2 atom stereocenters. The van der Waals surface area contributed by atoms with Crippen molar-refractivity contribution in [3.05, 3.63) is 35.4 Å². The van der Waals surface area contributed by atoms with Gasteiger partial charge in [0.1, 0.15) is 0 Å². The van der Waals surface area contributed by atoms with Gasteiger partial charge in [0.05, 0.1) is 0 Å². The Balaban J connectivity index is 2.27. The lowest BCUT2D eigenvalue weighted by Gasteiger charge is -2.34. The van der Waals surface area contributed by atoms with E-state index in [1.165, 1.54) is 31.4 Å². The summed E-state index contributed by atoms with van der Waals surface area (Å²) in [6.07, 6.45) is 5.16. The molecule has 1 saturated heterocycles. The molecule has 1 heterocycles. The van der Waals surface area contributed by atoms with Gasteiger partial charge in [-0.3, -0.25) is 4.90 Å². The molecule has 1 aromatic carbocycles. The zero-order chi connectivity index (χ0) is 15.2. The third kappa shape index (κ3) is 4.31. The Hall–Kier alpha value is -0.860. The average molecular weight is 288 g/mol. The molecule has 2 heteroatoms. The minimum absolute atomic E-state index is 0.565. The van der Waals surface area contributed by atoms with E-state index in [9.17, 15) is 0 Å². The van der Waals surface area contributed by atoms with E-state index >= 15 is 0 Å². The molecular weight excluding hydrogens is 256 g/mol. The van der Waals surface area contributed by atoms with Crippen molar-refractivity contribution >= 4 is 0 Å². The lowest BCUT2D eigenvalue weighted by atomic mass is 9.86. The number of nitrogens with zero attached hydrogens (tertiary/aromatic N) is 1. The highest BCUT2D eigenvalue weighted by atomic mass is 15.1. The molecule has 1 fully saturated rings. The highest BCUT2D eigenvalue weighted by Crippen LogP contribution is 2.35. The lowest BCUT2D eigenvalue weighted by Crippen LogP contribution is -2.37. The first-order valence-corrected chi connectivity index (χ1v) is 8.65. The van der Waals surface area contributed by atoms with Crippen LogP contribution in [0.25, 0.3) is 0 Å². The molecule has 2 nitrogen and oxygen atoms in total. The van der Waals surface area contributed by atoms with Gasteiger partial charge in [-0.2, -0.15) is 0 Å². The average Bonchev–Trinajstić information content (AvgIpc) is 2.66. The minimum atomic E-state index is 0.565. The molecule has 0 aliphatic carbocycles. The highest BCUT2D eigenvalue weighted by molar-refractivity contribution is 5.31. The van der Waals surface area contributed by atoms with Gasteiger partial charge in [0, 0.05) is 18.6 Å². The van der Waals surface area contributed by atoms with Crippen molar-refractivity contribution in [2.24, 2.45) is 5.92 Å². The summed E-state index contributed by atoms with van der Waals surface area (Å²) in [5.41, 5.74) is 3.07. The van der Waals surface area contributed by atoms with Crippen molar-refractivity contribution in [3.8, 4) is 0 Å². The van der Waals surface area contributed by atoms with E-state index in [4.69, 9.17) is 0 Å². The van der Waals surface area contributed by atoms with Gasteiger partial charge in [0.15, 0.2) is 0 Å². The second kappa shape index (κ2) is 7.95. The lowest BCUT2D eigenvalue weighted by molar-refractivity contribution is 0.186. The first-order valence-electron chi connectivity index (χ1n) is 8.65. The molecule has 1 aliphatic heterocycles. The third-order valence-corrected chi connectivity index (χ3v) is 4.80. The van der Waals surface area contributed by atoms with Crippen molar-refractivity contribution in [2.45, 2.75) is 58.5 Å². The van der Waals surface area contributed by atoms with Crippen LogP contribution in [0, 0.1) is 5.92 Å². The Labute approximate surface area is 130 Å². The maximum absolute atomic E-state index is 3.67. The van der Waals surface area contributed by atoms with Gasteiger partial charge in [-0.1, -0.05) is 51.5 Å². The van der Waals surface area contributed by atoms with Crippen LogP contribution in [-0.2, 0) is 6.42 Å². The maximum atomic E-state index is 3.67. The molecule has 21 heavy (non-hydrogen) atoms. The number of hydrogen-bond acceptors (Lipinski definition) is 2. The second-order valence-electron chi connectivity index (χ2n) is 6.80. The van der Waals surface area contributed by atoms with Gasteiger partial charge >= 0.3 is 0 Å². The highest BCUT2D eigenvalue weighted by Gasteiger charge is 2.30. The predicted molar refractivity (Wildman–Crippen MR) is 91.7 cm³/mol. The smallest absolute Gasteiger partial charge is 0.0388 e. The summed E-state index contributed by atoms with van der Waals surface area (Å²) in [5, 5.41) is 3.67. The van der Waals surface area contributed by atoms with E-state index in [1.807, 2.05) is 0 Å². The number of likely N-dealkylation sites (tertiary alicyclic amines) is 1. The first-order chi connectivity index (χ1) is 10.1. The van der Waals surface area contributed by atoms with Gasteiger partial charge in [-0.25, -0.2) is 0 Å². The fourth-order valence-corrected chi connectivity index (χ4v) is 3.66. The van der Waals surface area contributed by atoms with Crippen molar-refractivity contribution in [2.75, 3.05) is 20.1 Å². The molecule has 0 amide bonds. The number of nitrogens with one attached hydrogen (secondary N) is 1. The van der Waals surface area contributed by atoms with E-state index in [-0.39, 0.29) is 0 Å². The molecule has 0 saturated carbocycles. The predicted octanol–water partition coefficient (Wildman–Crippen LogP) is 4.02. The van der Waals surface area contributed by atoms with Gasteiger partial charge in [0.2, 0.25) is 0 Å². The van der Waals surface area contributed by atoms with Crippen LogP contribution in [0.15, 0.2) is 24.3 Å². The Kier molecular flexibility index (Phi) is 6.25. The summed E-state index contributed by atoms with van der Waals surface area (Å²) < 4.78 is 0. The number of hydrogen-bond donors (Lipinski definition) is 1. The maximum Gasteiger partial charge on any atom is 0.0388 e. The summed E-state index contributed by atoms with van der Waals surface area (Å²) in [4.78, 5) is 2.59. The normalized spacial score (nSPS) is 24.2. The molecule has 1 N–H and O–H groups in total. The Morgan fingerprint density at radius 1 is 1.24 bits per heavy atom. The second-order valence-corrected chi connectivity index (χ2v) is 6.80. The van der Waals surface area contributed by atoms with Crippen LogP contribution < -0.4 is 5.32 Å². The molecule has 2 unspecified atom stereocenters. The molecule has 0 spiro atoms. The van der Waals surface area contributed by atoms with Crippen LogP contribution in [0.3, 0.4) is 0 Å². The summed E-state index contributed by atoms with van der Waals surface area (Å²) >= 11 is 0. The van der Waals surface area contributed by atoms with Crippen molar-refractivity contribution in [3.63, 3.8) is 0 Å². The van der Waals surface area contributed by atoms with E-state index in [2.05, 4.69) is 62.3 Å². The summed E-state index contributed by atoms with van der Waals surface area (Å²) in [5.74, 6) is 0.715. The van der Waals surface area contributed by atoms with Gasteiger partial charge < -0.3 is 5.32 Å². The fourth-order valence-electron chi connectivity index (χ4n) is 3.66. The van der Waals surface area contributed by atoms with Crippen LogP contribution in [0.2, 0.25) is 0 Å². The van der Waals surface area contributed by atoms with E-state index in [1.54, 1.807) is 5.56 Å². The van der Waals surface area contributed by atoms with Crippen LogP contribution in [0.1, 0.15) is 57.2 Å². The largest absolute Gasteiger partial charge is 0.314 e. The number of benzene rings is 1. The fraction of sp³-hybridized carbons (Fsp3) is 0.684. The Morgan fingerprint density at radius 2 is 2.00 bits per heavy atom. The minimum Gasteiger partial charge on any atom is -0.314 e. The van der Waals surface area contributed by atoms with Crippen LogP contribution >= 0.6 is 0 Å². The van der Waals surface area contributed by atoms with Crippen LogP contribution in [-0.4, -0.2) is 31.1 Å². The molecular formula is C19H32N2. The van der Waals surface area contributed by atoms with E-state index in [0.29, 0.717) is 18.0 Å². The molecule has 0 bridgehead atoms. The van der Waals surface area contributed by atoms with Crippen LogP contribution in [0.5, 0.6) is 0 Å². The SMILES string of the molecule is CCc1ccccc1C1C(CNC(C)C)CCCCN1C. The van der Waals surface area contributed by atoms with Crippen molar-refractivity contribution < 1.29 is 0 Å². The molecule has 0 radical (unpaired) electrons. The standard InChI is InChI=1S/C19H32N2/c1-5-16-10-6-7-12-18(16)19-17(14-20-15(2)3)11-8-9-13-21(19)4/h6-7,10,12,15,17,19-20H,5,8-9,11,13-14H2,1-4H3. The molecule has 1 aromatic rings. The van der Waals surface area contributed by atoms with Gasteiger partial charge in [0.25, 0.3) is 0 Å². The van der Waals surface area contributed by atoms with Gasteiger partial charge in [-0.05, 0) is 49.9 Å². The quantitative estimate of drug-likeness (QED) is 0.880. The van der Waals surface area contributed by atoms with Crippen molar-refractivity contribution in [1.82, 2.24) is 10.2 Å². The zero-order valence-electron chi connectivity index (χ0n) is 14.2. The summed E-state index contributed by atoms with van der Waals surface area (Å²) in [6, 6.07) is 10.2. The third-order valence-electron chi connectivity index (χ3n) is 4.80. The molecule has 1 aliphatic rings. The Morgan fingerprint density at radius 3 is 2.71 bits per heavy atom. The molecule has 0 aromatic heterocycles. The molecule has 118 valence electrons. The summed E-state index contributed by atoms with van der Waals surface area (Å²) in [7, 11) is 2.31. The van der Waals surface area contributed by atoms with Crippen LogP contribution in [0.4, 0.5) is 0 Å². The number of aryl methyl sites for hydroxylation is 1. The zero-order valence-corrected chi connectivity index (χ0v) is 14.2. The topological polar surface area (TPSA) is 15.3 Å². The monoisotopic (exact) mass is 288 g/mol. The van der Waals surface area contributed by atoms with Gasteiger partial charge in [-0.15, -0.1) is 0 Å². The number of rotatable bonds is 5. The first kappa shape index (κ1) is 16.5. The van der Waals surface area contributed by atoms with E-state index in [0.717, 1.165) is 13.0 Å². The Bertz CT molecular complexity index is 427.